The fraction of sp³-hybridized carbons (Fsp3) is 0.143. The van der Waals surface area contributed by atoms with Crippen molar-refractivity contribution in [2.45, 2.75) is 0 Å². The number of non-ortho nitro benzene ring substituents is 1. The first kappa shape index (κ1) is 20.1. The third-order valence-corrected chi connectivity index (χ3v) is 2.87. The van der Waals surface area contributed by atoms with E-state index in [1.165, 1.54) is 25.1 Å². The molecule has 0 saturated carbocycles. The van der Waals surface area contributed by atoms with Gasteiger partial charge >= 0.3 is 5.97 Å². The Morgan fingerprint density at radius 2 is 1.77 bits per heavy atom. The summed E-state index contributed by atoms with van der Waals surface area (Å²) in [6, 6.07) is 3.92. The highest BCUT2D eigenvalue weighted by atomic mass is 16.6. The third-order valence-electron chi connectivity index (χ3n) is 2.87. The zero-order valence-corrected chi connectivity index (χ0v) is 13.6. The van der Waals surface area contributed by atoms with E-state index >= 15 is 0 Å². The number of benzene rings is 1. The number of pyridine rings is 1. The molecular formula is C14H14N4O8. The van der Waals surface area contributed by atoms with Gasteiger partial charge in [0.15, 0.2) is 5.75 Å². The van der Waals surface area contributed by atoms with Gasteiger partial charge in [-0.25, -0.2) is 10.6 Å². The van der Waals surface area contributed by atoms with Crippen molar-refractivity contribution in [2.24, 2.45) is 0 Å². The van der Waals surface area contributed by atoms with Crippen LogP contribution in [0.15, 0.2) is 36.7 Å². The van der Waals surface area contributed by atoms with Crippen LogP contribution < -0.4 is 20.4 Å². The Balaban J connectivity index is 0.000000260. The number of carbonyl (C=O) groups is 1. The monoisotopic (exact) mass is 366 g/mol. The Morgan fingerprint density at radius 3 is 2.27 bits per heavy atom. The van der Waals surface area contributed by atoms with Crippen LogP contribution in [0.2, 0.25) is 0 Å². The van der Waals surface area contributed by atoms with Gasteiger partial charge in [-0.1, -0.05) is 10.7 Å². The average molecular weight is 366 g/mol. The van der Waals surface area contributed by atoms with E-state index in [0.29, 0.717) is 17.4 Å². The van der Waals surface area contributed by atoms with Crippen molar-refractivity contribution < 1.29 is 33.9 Å². The van der Waals surface area contributed by atoms with Gasteiger partial charge < -0.3 is 14.6 Å². The summed E-state index contributed by atoms with van der Waals surface area (Å²) in [6.07, 6.45) is 3.00. The largest absolute Gasteiger partial charge is 0.868 e. The molecule has 0 atom stereocenters. The number of nitrogen functional groups attached to an aromatic ring is 1. The number of rotatable bonds is 4. The van der Waals surface area contributed by atoms with Gasteiger partial charge in [0.25, 0.3) is 11.4 Å². The summed E-state index contributed by atoms with van der Waals surface area (Å²) in [5.41, 5.74) is -0.898. The first-order valence-electron chi connectivity index (χ1n) is 6.73. The summed E-state index contributed by atoms with van der Waals surface area (Å²) in [7, 11) is 2.80. The molecule has 1 heterocycles. The second kappa shape index (κ2) is 8.77. The van der Waals surface area contributed by atoms with Crippen LogP contribution in [0, 0.1) is 20.2 Å². The molecule has 0 aliphatic rings. The summed E-state index contributed by atoms with van der Waals surface area (Å²) < 4.78 is 10.7. The normalized spacial score (nSPS) is 9.46. The van der Waals surface area contributed by atoms with Crippen LogP contribution in [0.5, 0.6) is 11.5 Å². The molecule has 26 heavy (non-hydrogen) atoms. The van der Waals surface area contributed by atoms with Crippen LogP contribution in [-0.2, 0) is 4.74 Å². The number of aromatic nitrogens is 1. The third kappa shape index (κ3) is 5.30. The Kier molecular flexibility index (Phi) is 6.77. The molecule has 12 nitrogen and oxygen atoms in total. The van der Waals surface area contributed by atoms with Crippen molar-refractivity contribution >= 4 is 17.3 Å². The van der Waals surface area contributed by atoms with Gasteiger partial charge in [-0.2, -0.15) is 0 Å². The molecule has 1 aromatic carbocycles. The van der Waals surface area contributed by atoms with Gasteiger partial charge in [0, 0.05) is 12.1 Å². The first-order chi connectivity index (χ1) is 12.2. The maximum Gasteiger partial charge on any atom is 0.344 e. The Morgan fingerprint density at radius 1 is 1.12 bits per heavy atom. The molecule has 0 spiro atoms. The highest BCUT2D eigenvalue weighted by molar-refractivity contribution is 5.88. The fourth-order valence-corrected chi connectivity index (χ4v) is 1.68. The van der Waals surface area contributed by atoms with Crippen molar-refractivity contribution in [3.63, 3.8) is 0 Å². The van der Waals surface area contributed by atoms with Crippen LogP contribution in [0.1, 0.15) is 10.4 Å². The lowest BCUT2D eigenvalue weighted by Crippen LogP contribution is -2.44. The molecule has 0 radical (unpaired) electrons. The Hall–Kier alpha value is -3.96. The van der Waals surface area contributed by atoms with E-state index in [4.69, 9.17) is 10.6 Å². The average Bonchev–Trinajstić information content (AvgIpc) is 2.60. The van der Waals surface area contributed by atoms with Crippen molar-refractivity contribution in [2.75, 3.05) is 20.1 Å². The molecule has 2 N–H and O–H groups in total. The summed E-state index contributed by atoms with van der Waals surface area (Å²) in [5, 5.41) is 31.1. The molecule has 12 heteroatoms. The van der Waals surface area contributed by atoms with Gasteiger partial charge in [-0.15, -0.1) is 0 Å². The topological polar surface area (TPSA) is 175 Å². The number of nitrogens with zero attached hydrogens (tertiary/aromatic N) is 3. The van der Waals surface area contributed by atoms with Crippen molar-refractivity contribution in [1.29, 1.82) is 0 Å². The molecule has 0 unspecified atom stereocenters. The van der Waals surface area contributed by atoms with Gasteiger partial charge in [0.2, 0.25) is 12.4 Å². The zero-order chi connectivity index (χ0) is 19.9. The summed E-state index contributed by atoms with van der Waals surface area (Å²) in [5.74, 6) is 4.68. The first-order valence-corrected chi connectivity index (χ1v) is 6.73. The molecule has 0 aliphatic heterocycles. The van der Waals surface area contributed by atoms with Crippen LogP contribution in [0.25, 0.3) is 0 Å². The van der Waals surface area contributed by atoms with Gasteiger partial charge in [0.05, 0.1) is 30.1 Å². The lowest BCUT2D eigenvalue weighted by Gasteiger charge is -2.03. The Labute approximate surface area is 146 Å². The summed E-state index contributed by atoms with van der Waals surface area (Å²) in [4.78, 5) is 29.7. The molecule has 2 aromatic rings. The molecule has 138 valence electrons. The van der Waals surface area contributed by atoms with E-state index in [1.807, 2.05) is 0 Å². The van der Waals surface area contributed by atoms with Crippen LogP contribution in [0.4, 0.5) is 11.4 Å². The minimum Gasteiger partial charge on any atom is -0.868 e. The summed E-state index contributed by atoms with van der Waals surface area (Å²) in [6.45, 7) is 0. The Bertz CT molecular complexity index is 840. The maximum atomic E-state index is 11.1. The van der Waals surface area contributed by atoms with Gasteiger partial charge in [-0.05, 0) is 5.75 Å². The zero-order valence-electron chi connectivity index (χ0n) is 13.6. The SMILES string of the molecule is COC(=O)c1cc(OC)c[n+](N)c1.O=[N+]([O-])c1ccc([O-])c([N+](=O)[O-])c1. The minimum atomic E-state index is -0.949. The highest BCUT2D eigenvalue weighted by Crippen LogP contribution is 2.27. The minimum absolute atomic E-state index is 0.351. The second-order valence-electron chi connectivity index (χ2n) is 4.57. The fourth-order valence-electron chi connectivity index (χ4n) is 1.68. The van der Waals surface area contributed by atoms with E-state index in [1.54, 1.807) is 12.3 Å². The van der Waals surface area contributed by atoms with E-state index < -0.39 is 32.9 Å². The number of ether oxygens (including phenoxy) is 2. The van der Waals surface area contributed by atoms with Crippen molar-refractivity contribution in [3.8, 4) is 11.5 Å². The standard InChI is InChI=1S/C8H11N2O3.C6H4N2O5/c1-12-7-3-6(8(11)13-2)4-10(9)5-7;9-6-2-1-4(7(10)11)3-5(6)8(12)13/h3-5H,9H2,1-2H3;1-3,9H/q+1;/p-1. The van der Waals surface area contributed by atoms with Crippen molar-refractivity contribution in [1.82, 2.24) is 0 Å². The predicted molar refractivity (Wildman–Crippen MR) is 83.9 cm³/mol. The van der Waals surface area contributed by atoms with Crippen molar-refractivity contribution in [3.05, 3.63) is 62.5 Å². The number of nitrogens with two attached hydrogens (primary N) is 1. The van der Waals surface area contributed by atoms with Gasteiger partial charge in [-0.3, -0.25) is 20.2 Å². The maximum absolute atomic E-state index is 11.1. The second-order valence-corrected chi connectivity index (χ2v) is 4.57. The molecule has 0 fully saturated rings. The smallest absolute Gasteiger partial charge is 0.344 e. The lowest BCUT2D eigenvalue weighted by molar-refractivity contribution is -0.639. The number of nitro benzene ring substituents is 2. The van der Waals surface area contributed by atoms with E-state index in [-0.39, 0.29) is 0 Å². The van der Waals surface area contributed by atoms with Gasteiger partial charge in [0.1, 0.15) is 5.56 Å². The number of methoxy groups -OCH3 is 2. The van der Waals surface area contributed by atoms with E-state index in [0.717, 1.165) is 12.1 Å². The van der Waals surface area contributed by atoms with Crippen LogP contribution >= 0.6 is 0 Å². The van der Waals surface area contributed by atoms with Crippen LogP contribution in [-0.4, -0.2) is 30.0 Å². The van der Waals surface area contributed by atoms with E-state index in [2.05, 4.69) is 4.74 Å². The molecule has 0 aliphatic carbocycles. The molecule has 0 bridgehead atoms. The lowest BCUT2D eigenvalue weighted by atomic mass is 10.2. The van der Waals surface area contributed by atoms with Crippen LogP contribution in [0.3, 0.4) is 0 Å². The number of esters is 1. The number of carbonyl (C=O) groups excluding carboxylic acids is 1. The predicted octanol–water partition coefficient (Wildman–Crippen LogP) is 0.0597. The number of hydrogen-bond acceptors (Lipinski definition) is 9. The molecule has 0 amide bonds. The summed E-state index contributed by atoms with van der Waals surface area (Å²) >= 11 is 0. The molecule has 2 rings (SSSR count). The number of hydrogen-bond donors (Lipinski definition) is 1. The number of nitro groups is 2. The quantitative estimate of drug-likeness (QED) is 0.258. The molecule has 0 saturated heterocycles. The molecule has 1 aromatic heterocycles. The molecular weight excluding hydrogens is 352 g/mol. The highest BCUT2D eigenvalue weighted by Gasteiger charge is 2.14. The van der Waals surface area contributed by atoms with E-state index in [9.17, 15) is 30.1 Å².